The number of piperidine rings is 1. The first-order valence-corrected chi connectivity index (χ1v) is 10.8. The van der Waals surface area contributed by atoms with Gasteiger partial charge in [0.25, 0.3) is 10.0 Å². The molecule has 1 N–H and O–H groups in total. The number of thiophene rings is 1. The summed E-state index contributed by atoms with van der Waals surface area (Å²) in [5.41, 5.74) is 0.0893. The number of nitrogens with one attached hydrogen (secondary N) is 1. The average molecular weight is 447 g/mol. The summed E-state index contributed by atoms with van der Waals surface area (Å²) in [5, 5.41) is 4.27. The molecule has 1 aliphatic rings. The third-order valence-corrected chi connectivity index (χ3v) is 7.76. The molecule has 1 saturated heterocycles. The van der Waals surface area contributed by atoms with Crippen LogP contribution in [0, 0.1) is 11.7 Å². The zero-order chi connectivity index (χ0) is 18.0. The van der Waals surface area contributed by atoms with Gasteiger partial charge >= 0.3 is 0 Å². The average Bonchev–Trinajstić information content (AvgIpc) is 3.13. The van der Waals surface area contributed by atoms with E-state index in [-0.39, 0.29) is 22.3 Å². The molecule has 1 fully saturated rings. The van der Waals surface area contributed by atoms with Crippen LogP contribution in [0.1, 0.15) is 12.8 Å². The number of carbonyl (C=O) groups excluding carboxylic acids is 1. The van der Waals surface area contributed by atoms with Crippen molar-refractivity contribution >= 4 is 48.9 Å². The normalized spacial score (nSPS) is 18.9. The first-order valence-electron chi connectivity index (χ1n) is 7.67. The number of hydrogen-bond donors (Lipinski definition) is 1. The van der Waals surface area contributed by atoms with E-state index in [1.165, 1.54) is 16.4 Å². The number of carbonyl (C=O) groups is 1. The fourth-order valence-corrected chi connectivity index (χ4v) is 5.74. The van der Waals surface area contributed by atoms with Gasteiger partial charge in [0, 0.05) is 17.6 Å². The smallest absolute Gasteiger partial charge is 0.252 e. The number of halogens is 2. The Morgan fingerprint density at radius 3 is 2.84 bits per heavy atom. The first-order chi connectivity index (χ1) is 11.9. The van der Waals surface area contributed by atoms with Gasteiger partial charge < -0.3 is 5.32 Å². The Balaban J connectivity index is 1.72. The van der Waals surface area contributed by atoms with Crippen molar-refractivity contribution in [2.75, 3.05) is 18.4 Å². The number of anilines is 1. The molecule has 1 unspecified atom stereocenters. The molecular formula is C16H16BrFN2O3S2. The van der Waals surface area contributed by atoms with Gasteiger partial charge in [0.1, 0.15) is 10.0 Å². The summed E-state index contributed by atoms with van der Waals surface area (Å²) in [6.45, 7) is 0.487. The number of benzene rings is 1. The molecular weight excluding hydrogens is 431 g/mol. The summed E-state index contributed by atoms with van der Waals surface area (Å²) < 4.78 is 41.3. The van der Waals surface area contributed by atoms with Crippen LogP contribution in [0.5, 0.6) is 0 Å². The maximum atomic E-state index is 13.9. The summed E-state index contributed by atoms with van der Waals surface area (Å²) in [6.07, 6.45) is 1.16. The molecule has 2 heterocycles. The van der Waals surface area contributed by atoms with Gasteiger partial charge in [-0.05, 0) is 42.5 Å². The van der Waals surface area contributed by atoms with Gasteiger partial charge in [-0.25, -0.2) is 12.8 Å². The van der Waals surface area contributed by atoms with Gasteiger partial charge in [-0.1, -0.05) is 22.0 Å². The van der Waals surface area contributed by atoms with Crippen molar-refractivity contribution in [3.63, 3.8) is 0 Å². The predicted octanol–water partition coefficient (Wildman–Crippen LogP) is 3.69. The van der Waals surface area contributed by atoms with Gasteiger partial charge in [-0.3, -0.25) is 4.79 Å². The maximum Gasteiger partial charge on any atom is 0.252 e. The lowest BCUT2D eigenvalue weighted by Gasteiger charge is -2.30. The van der Waals surface area contributed by atoms with Crippen LogP contribution in [0.25, 0.3) is 0 Å². The number of rotatable bonds is 4. The highest BCUT2D eigenvalue weighted by molar-refractivity contribution is 9.10. The second-order valence-corrected chi connectivity index (χ2v) is 9.78. The fraction of sp³-hybridized carbons (Fsp3) is 0.312. The Kier molecular flexibility index (Phi) is 5.57. The van der Waals surface area contributed by atoms with Gasteiger partial charge in [0.15, 0.2) is 0 Å². The molecule has 0 radical (unpaired) electrons. The molecule has 2 aromatic rings. The molecule has 5 nitrogen and oxygen atoms in total. The number of sulfonamides is 1. The molecule has 134 valence electrons. The summed E-state index contributed by atoms with van der Waals surface area (Å²) in [4.78, 5) is 12.5. The number of hydrogen-bond acceptors (Lipinski definition) is 4. The predicted molar refractivity (Wildman–Crippen MR) is 98.5 cm³/mol. The van der Waals surface area contributed by atoms with Crippen molar-refractivity contribution in [2.45, 2.75) is 17.1 Å². The summed E-state index contributed by atoms with van der Waals surface area (Å²) >= 11 is 4.32. The van der Waals surface area contributed by atoms with Gasteiger partial charge in [-0.2, -0.15) is 4.31 Å². The molecule has 1 aromatic carbocycles. The molecule has 0 aliphatic carbocycles. The molecule has 3 rings (SSSR count). The van der Waals surface area contributed by atoms with Crippen molar-refractivity contribution in [1.29, 1.82) is 0 Å². The maximum absolute atomic E-state index is 13.9. The van der Waals surface area contributed by atoms with Crippen LogP contribution in [-0.4, -0.2) is 31.7 Å². The lowest BCUT2D eigenvalue weighted by molar-refractivity contribution is -0.120. The van der Waals surface area contributed by atoms with Crippen molar-refractivity contribution in [3.8, 4) is 0 Å². The minimum absolute atomic E-state index is 0.0893. The van der Waals surface area contributed by atoms with Crippen LogP contribution in [0.2, 0.25) is 0 Å². The van der Waals surface area contributed by atoms with Gasteiger partial charge in [0.05, 0.1) is 11.6 Å². The van der Waals surface area contributed by atoms with Crippen molar-refractivity contribution in [2.24, 2.45) is 5.92 Å². The summed E-state index contributed by atoms with van der Waals surface area (Å²) in [5.74, 6) is -1.42. The Morgan fingerprint density at radius 1 is 1.36 bits per heavy atom. The van der Waals surface area contributed by atoms with E-state index in [9.17, 15) is 17.6 Å². The fourth-order valence-electron chi connectivity index (χ4n) is 2.74. The van der Waals surface area contributed by atoms with Gasteiger partial charge in [0.2, 0.25) is 5.91 Å². The molecule has 1 aromatic heterocycles. The molecule has 1 aliphatic heterocycles. The highest BCUT2D eigenvalue weighted by Gasteiger charge is 2.34. The number of nitrogens with zero attached hydrogens (tertiary/aromatic N) is 1. The third-order valence-electron chi connectivity index (χ3n) is 4.03. The van der Waals surface area contributed by atoms with Crippen molar-refractivity contribution in [1.82, 2.24) is 4.31 Å². The van der Waals surface area contributed by atoms with Crippen LogP contribution in [0.4, 0.5) is 10.1 Å². The Labute approximate surface area is 158 Å². The molecule has 25 heavy (non-hydrogen) atoms. The highest BCUT2D eigenvalue weighted by Crippen LogP contribution is 2.27. The Morgan fingerprint density at radius 2 is 2.16 bits per heavy atom. The van der Waals surface area contributed by atoms with Crippen LogP contribution < -0.4 is 5.32 Å². The molecule has 0 spiro atoms. The van der Waals surface area contributed by atoms with Crippen LogP contribution in [0.3, 0.4) is 0 Å². The van der Waals surface area contributed by atoms with Gasteiger partial charge in [-0.15, -0.1) is 11.3 Å². The van der Waals surface area contributed by atoms with Crippen LogP contribution >= 0.6 is 27.3 Å². The lowest BCUT2D eigenvalue weighted by atomic mass is 9.98. The quantitative estimate of drug-likeness (QED) is 0.778. The topological polar surface area (TPSA) is 66.5 Å². The van der Waals surface area contributed by atoms with Crippen molar-refractivity contribution < 1.29 is 17.6 Å². The minimum atomic E-state index is -3.58. The van der Waals surface area contributed by atoms with Crippen LogP contribution in [0.15, 0.2) is 44.4 Å². The zero-order valence-electron chi connectivity index (χ0n) is 13.1. The molecule has 1 atom stereocenters. The van der Waals surface area contributed by atoms with E-state index in [4.69, 9.17) is 0 Å². The van der Waals surface area contributed by atoms with E-state index >= 15 is 0 Å². The Bertz CT molecular complexity index is 872. The second-order valence-electron chi connectivity index (χ2n) is 5.75. The highest BCUT2D eigenvalue weighted by atomic mass is 79.9. The molecule has 0 bridgehead atoms. The lowest BCUT2D eigenvalue weighted by Crippen LogP contribution is -2.43. The SMILES string of the molecule is O=C(Nc1ccc(Br)cc1F)C1CCCN(S(=O)(=O)c2cccs2)C1. The summed E-state index contributed by atoms with van der Waals surface area (Å²) in [6, 6.07) is 7.61. The molecule has 0 saturated carbocycles. The summed E-state index contributed by atoms with van der Waals surface area (Å²) in [7, 11) is -3.58. The zero-order valence-corrected chi connectivity index (χ0v) is 16.3. The van der Waals surface area contributed by atoms with Crippen molar-refractivity contribution in [3.05, 3.63) is 46.0 Å². The van der Waals surface area contributed by atoms with Crippen LogP contribution in [-0.2, 0) is 14.8 Å². The monoisotopic (exact) mass is 446 g/mol. The molecule has 1 amide bonds. The largest absolute Gasteiger partial charge is 0.323 e. The second kappa shape index (κ2) is 7.53. The van der Waals surface area contributed by atoms with E-state index in [0.717, 1.165) is 11.3 Å². The first kappa shape index (κ1) is 18.5. The third kappa shape index (κ3) is 4.11. The van der Waals surface area contributed by atoms with E-state index in [0.29, 0.717) is 23.9 Å². The van der Waals surface area contributed by atoms with E-state index in [2.05, 4.69) is 21.2 Å². The number of amides is 1. The van der Waals surface area contributed by atoms with E-state index in [1.807, 2.05) is 0 Å². The molecule has 9 heteroatoms. The minimum Gasteiger partial charge on any atom is -0.323 e. The standard InChI is InChI=1S/C16H16BrFN2O3S2/c17-12-5-6-14(13(18)9-12)19-16(21)11-3-1-7-20(10-11)25(22,23)15-4-2-8-24-15/h2,4-6,8-9,11H,1,3,7,10H2,(H,19,21). The van der Waals surface area contributed by atoms with E-state index in [1.54, 1.807) is 23.6 Å². The Hall–Kier alpha value is -1.29. The van der Waals surface area contributed by atoms with E-state index < -0.39 is 21.8 Å².